The highest BCUT2D eigenvalue weighted by Gasteiger charge is 2.21. The predicted molar refractivity (Wildman–Crippen MR) is 114 cm³/mol. The van der Waals surface area contributed by atoms with Gasteiger partial charge in [-0.1, -0.05) is 17.7 Å². The molecule has 0 heterocycles. The molecule has 28 heavy (non-hydrogen) atoms. The Morgan fingerprint density at radius 2 is 1.50 bits per heavy atom. The van der Waals surface area contributed by atoms with Crippen molar-refractivity contribution < 1.29 is 14.3 Å². The largest absolute Gasteiger partial charge is 0.493 e. The molecule has 0 fully saturated rings. The molecule has 1 amide bonds. The number of nitrogens with zero attached hydrogens (tertiary/aromatic N) is 1. The van der Waals surface area contributed by atoms with Crippen LogP contribution in [0.4, 0.5) is 5.69 Å². The molecular formula is C23H32N2O3. The van der Waals surface area contributed by atoms with E-state index in [2.05, 4.69) is 24.4 Å². The molecule has 0 unspecified atom stereocenters. The Labute approximate surface area is 168 Å². The van der Waals surface area contributed by atoms with Gasteiger partial charge in [0, 0.05) is 12.2 Å². The first-order chi connectivity index (χ1) is 13.2. The van der Waals surface area contributed by atoms with Gasteiger partial charge in [0.1, 0.15) is 0 Å². The monoisotopic (exact) mass is 384 g/mol. The van der Waals surface area contributed by atoms with Crippen LogP contribution in [-0.4, -0.2) is 38.1 Å². The van der Waals surface area contributed by atoms with E-state index in [-0.39, 0.29) is 11.9 Å². The molecular weight excluding hydrogens is 352 g/mol. The lowest BCUT2D eigenvalue weighted by molar-refractivity contribution is -0.120. The number of carbonyl (C=O) groups is 1. The van der Waals surface area contributed by atoms with Crippen molar-refractivity contribution in [2.24, 2.45) is 0 Å². The summed E-state index contributed by atoms with van der Waals surface area (Å²) in [4.78, 5) is 14.9. The number of methoxy groups -OCH3 is 2. The molecule has 5 nitrogen and oxygen atoms in total. The van der Waals surface area contributed by atoms with Gasteiger partial charge in [-0.25, -0.2) is 0 Å². The summed E-state index contributed by atoms with van der Waals surface area (Å²) in [6.45, 7) is 10.7. The Balaban J connectivity index is 2.14. The number of benzene rings is 2. The lowest BCUT2D eigenvalue weighted by Gasteiger charge is -2.26. The number of carbonyl (C=O) groups excluding carboxylic acids is 1. The minimum atomic E-state index is -0.285. The first-order valence-corrected chi connectivity index (χ1v) is 9.48. The molecule has 2 rings (SSSR count). The molecule has 0 saturated carbocycles. The molecule has 0 spiro atoms. The summed E-state index contributed by atoms with van der Waals surface area (Å²) in [6.07, 6.45) is 0. The van der Waals surface area contributed by atoms with E-state index in [1.54, 1.807) is 14.2 Å². The fourth-order valence-corrected chi connectivity index (χ4v) is 3.40. The molecule has 0 aromatic heterocycles. The maximum atomic E-state index is 12.8. The highest BCUT2D eigenvalue weighted by atomic mass is 16.5. The maximum absolute atomic E-state index is 12.8. The van der Waals surface area contributed by atoms with Crippen molar-refractivity contribution in [2.45, 2.75) is 47.2 Å². The van der Waals surface area contributed by atoms with Crippen molar-refractivity contribution in [1.29, 1.82) is 0 Å². The number of hydrogen-bond donors (Lipinski definition) is 1. The third-order valence-corrected chi connectivity index (χ3v) is 5.23. The number of amides is 1. The van der Waals surface area contributed by atoms with Gasteiger partial charge in [-0.05, 0) is 76.1 Å². The van der Waals surface area contributed by atoms with Crippen LogP contribution in [0.5, 0.6) is 11.5 Å². The number of nitrogens with one attached hydrogen (secondary N) is 1. The second-order valence-corrected chi connectivity index (χ2v) is 7.49. The molecule has 152 valence electrons. The summed E-state index contributed by atoms with van der Waals surface area (Å²) in [7, 11) is 5.21. The van der Waals surface area contributed by atoms with Crippen LogP contribution in [0, 0.1) is 27.7 Å². The zero-order chi connectivity index (χ0) is 21.0. The summed E-state index contributed by atoms with van der Waals surface area (Å²) < 4.78 is 10.8. The summed E-state index contributed by atoms with van der Waals surface area (Å²) in [5, 5.41) is 3.10. The minimum absolute atomic E-state index is 0.0179. The van der Waals surface area contributed by atoms with Crippen LogP contribution in [0.1, 0.15) is 34.7 Å². The van der Waals surface area contributed by atoms with Gasteiger partial charge in [-0.3, -0.25) is 9.69 Å². The zero-order valence-corrected chi connectivity index (χ0v) is 18.3. The van der Waals surface area contributed by atoms with E-state index in [0.29, 0.717) is 18.0 Å². The van der Waals surface area contributed by atoms with Gasteiger partial charge >= 0.3 is 0 Å². The first-order valence-electron chi connectivity index (χ1n) is 9.48. The number of rotatable bonds is 7. The van der Waals surface area contributed by atoms with E-state index in [1.165, 1.54) is 5.56 Å². The van der Waals surface area contributed by atoms with Crippen LogP contribution in [0.25, 0.3) is 0 Å². The summed E-state index contributed by atoms with van der Waals surface area (Å²) >= 11 is 0. The topological polar surface area (TPSA) is 50.8 Å². The predicted octanol–water partition coefficient (Wildman–Crippen LogP) is 4.40. The van der Waals surface area contributed by atoms with Crippen molar-refractivity contribution >= 4 is 11.6 Å². The molecule has 0 bridgehead atoms. The second kappa shape index (κ2) is 9.11. The third-order valence-electron chi connectivity index (χ3n) is 5.23. The van der Waals surface area contributed by atoms with Crippen LogP contribution < -0.4 is 14.8 Å². The molecule has 0 radical (unpaired) electrons. The van der Waals surface area contributed by atoms with E-state index in [4.69, 9.17) is 9.47 Å². The molecule has 1 N–H and O–H groups in total. The number of aryl methyl sites for hydroxylation is 4. The molecule has 1 atom stereocenters. The Hall–Kier alpha value is -2.53. The highest BCUT2D eigenvalue weighted by molar-refractivity contribution is 5.95. The summed E-state index contributed by atoms with van der Waals surface area (Å²) in [5.41, 5.74) is 6.46. The zero-order valence-electron chi connectivity index (χ0n) is 18.3. The highest BCUT2D eigenvalue weighted by Crippen LogP contribution is 2.31. The van der Waals surface area contributed by atoms with Gasteiger partial charge in [-0.15, -0.1) is 0 Å². The average Bonchev–Trinajstić information content (AvgIpc) is 2.64. The summed E-state index contributed by atoms with van der Waals surface area (Å²) in [6, 6.07) is 7.83. The lowest BCUT2D eigenvalue weighted by Crippen LogP contribution is -2.39. The van der Waals surface area contributed by atoms with E-state index in [1.807, 2.05) is 51.8 Å². The molecule has 0 aliphatic carbocycles. The van der Waals surface area contributed by atoms with Gasteiger partial charge in [0.15, 0.2) is 11.5 Å². The van der Waals surface area contributed by atoms with Crippen molar-refractivity contribution in [3.63, 3.8) is 0 Å². The van der Waals surface area contributed by atoms with E-state index >= 15 is 0 Å². The fourth-order valence-electron chi connectivity index (χ4n) is 3.40. The van der Waals surface area contributed by atoms with Crippen molar-refractivity contribution in [3.05, 3.63) is 52.1 Å². The molecule has 2 aromatic carbocycles. The number of ether oxygens (including phenoxy) is 2. The Bertz CT molecular complexity index is 838. The van der Waals surface area contributed by atoms with E-state index in [9.17, 15) is 4.79 Å². The minimum Gasteiger partial charge on any atom is -0.493 e. The van der Waals surface area contributed by atoms with Crippen molar-refractivity contribution in [3.8, 4) is 11.5 Å². The number of hydrogen-bond acceptors (Lipinski definition) is 4. The normalized spacial score (nSPS) is 12.0. The van der Waals surface area contributed by atoms with Gasteiger partial charge < -0.3 is 14.8 Å². The van der Waals surface area contributed by atoms with Gasteiger partial charge in [-0.2, -0.15) is 0 Å². The average molecular weight is 385 g/mol. The van der Waals surface area contributed by atoms with Gasteiger partial charge in [0.2, 0.25) is 5.91 Å². The number of likely N-dealkylation sites (N-methyl/N-ethyl adjacent to an activating group) is 1. The Kier molecular flexibility index (Phi) is 7.08. The lowest BCUT2D eigenvalue weighted by atomic mass is 10.0. The Morgan fingerprint density at radius 1 is 0.964 bits per heavy atom. The van der Waals surface area contributed by atoms with Crippen LogP contribution in [0.2, 0.25) is 0 Å². The SMILES string of the molecule is COc1cc(C)c(CN(C)[C@@H](C)C(=O)Nc2c(C)cc(C)cc2C)cc1OC. The van der Waals surface area contributed by atoms with Gasteiger partial charge in [0.25, 0.3) is 0 Å². The summed E-state index contributed by atoms with van der Waals surface area (Å²) in [5.74, 6) is 1.39. The molecule has 5 heteroatoms. The van der Waals surface area contributed by atoms with Crippen molar-refractivity contribution in [1.82, 2.24) is 4.90 Å². The van der Waals surface area contributed by atoms with Crippen LogP contribution in [0.3, 0.4) is 0 Å². The van der Waals surface area contributed by atoms with Crippen LogP contribution in [0.15, 0.2) is 24.3 Å². The first kappa shape index (κ1) is 21.8. The van der Waals surface area contributed by atoms with E-state index in [0.717, 1.165) is 27.9 Å². The van der Waals surface area contributed by atoms with E-state index < -0.39 is 0 Å². The molecule has 0 aliphatic heterocycles. The second-order valence-electron chi connectivity index (χ2n) is 7.49. The smallest absolute Gasteiger partial charge is 0.241 e. The third kappa shape index (κ3) is 4.84. The Morgan fingerprint density at radius 3 is 2.04 bits per heavy atom. The standard InChI is InChI=1S/C23H32N2O3/c1-14-9-16(3)22(17(4)10-14)24-23(26)18(5)25(6)13-19-12-21(28-8)20(27-7)11-15(19)2/h9-12,18H,13H2,1-8H3,(H,24,26)/t18-/m0/s1. The maximum Gasteiger partial charge on any atom is 0.241 e. The van der Waals surface area contributed by atoms with Gasteiger partial charge in [0.05, 0.1) is 20.3 Å². The number of anilines is 1. The molecule has 0 aliphatic rings. The molecule has 2 aromatic rings. The molecule has 0 saturated heterocycles. The fraction of sp³-hybridized carbons (Fsp3) is 0.435. The van der Waals surface area contributed by atoms with Crippen LogP contribution >= 0.6 is 0 Å². The van der Waals surface area contributed by atoms with Crippen LogP contribution in [-0.2, 0) is 11.3 Å². The van der Waals surface area contributed by atoms with Crippen molar-refractivity contribution in [2.75, 3.05) is 26.6 Å². The quantitative estimate of drug-likeness (QED) is 0.769.